The fourth-order valence-electron chi connectivity index (χ4n) is 3.29. The molecule has 0 bridgehead atoms. The van der Waals surface area contributed by atoms with Crippen molar-refractivity contribution in [3.05, 3.63) is 52.6 Å². The topological polar surface area (TPSA) is 98.5 Å². The molecule has 3 aromatic rings. The summed E-state index contributed by atoms with van der Waals surface area (Å²) in [7, 11) is 0. The summed E-state index contributed by atoms with van der Waals surface area (Å²) in [6, 6.07) is 5.77. The number of amides is 1. The number of esters is 1. The van der Waals surface area contributed by atoms with E-state index < -0.39 is 12.1 Å². The maximum absolute atomic E-state index is 12.4. The number of fused-ring (bicyclic) bond motifs is 1. The molecule has 0 saturated heterocycles. The number of carbonyl (C=O) groups excluding carboxylic acids is 2. The number of benzene rings is 1. The molecule has 1 aromatic carbocycles. The van der Waals surface area contributed by atoms with Crippen molar-refractivity contribution in [1.82, 2.24) is 19.6 Å². The normalized spacial score (nSPS) is 12.0. The number of aryl methyl sites for hydroxylation is 4. The Balaban J connectivity index is 1.60. The number of rotatable bonds is 6. The fourth-order valence-corrected chi connectivity index (χ4v) is 3.29. The van der Waals surface area contributed by atoms with Crippen molar-refractivity contribution in [1.29, 1.82) is 0 Å². The molecule has 2 heterocycles. The zero-order chi connectivity index (χ0) is 21.1. The van der Waals surface area contributed by atoms with Gasteiger partial charge in [0.2, 0.25) is 0 Å². The van der Waals surface area contributed by atoms with Gasteiger partial charge < -0.3 is 10.1 Å². The molecular weight excluding hydrogens is 370 g/mol. The van der Waals surface area contributed by atoms with E-state index in [4.69, 9.17) is 4.74 Å². The summed E-state index contributed by atoms with van der Waals surface area (Å²) in [5, 5.41) is 6.99. The van der Waals surface area contributed by atoms with Gasteiger partial charge in [0.15, 0.2) is 6.10 Å². The Morgan fingerprint density at radius 3 is 2.55 bits per heavy atom. The highest BCUT2D eigenvalue weighted by molar-refractivity contribution is 5.96. The molecule has 0 aliphatic heterocycles. The lowest BCUT2D eigenvalue weighted by Crippen LogP contribution is -2.30. The molecule has 0 aliphatic rings. The van der Waals surface area contributed by atoms with Crippen LogP contribution >= 0.6 is 0 Å². The largest absolute Gasteiger partial charge is 0.453 e. The molecule has 0 aliphatic carbocycles. The fraction of sp³-hybridized carbons (Fsp3) is 0.381. The van der Waals surface area contributed by atoms with Crippen LogP contribution in [0.5, 0.6) is 0 Å². The zero-order valence-corrected chi connectivity index (χ0v) is 17.3. The number of hydrogen-bond acceptors (Lipinski definition) is 6. The summed E-state index contributed by atoms with van der Waals surface area (Å²) in [6.07, 6.45) is 1.15. The van der Waals surface area contributed by atoms with Crippen LogP contribution in [0.15, 0.2) is 24.5 Å². The molecule has 0 fully saturated rings. The lowest BCUT2D eigenvalue weighted by molar-refractivity contribution is -0.153. The third kappa shape index (κ3) is 4.42. The van der Waals surface area contributed by atoms with E-state index in [9.17, 15) is 9.59 Å². The van der Waals surface area contributed by atoms with Crippen LogP contribution in [0, 0.1) is 27.7 Å². The van der Waals surface area contributed by atoms with Crippen molar-refractivity contribution in [3.63, 3.8) is 0 Å². The molecule has 0 spiro atoms. The number of aromatic nitrogens is 4. The standard InChI is InChI=1S/C21H25N5O3/c1-12-7-6-8-13(2)19(12)25-20(28)16(5)29-18(27)10-9-17-14(3)24-21-22-11-23-26(21)15(17)4/h6-8,11,16H,9-10H2,1-5H3,(H,25,28). The Kier molecular flexibility index (Phi) is 5.91. The van der Waals surface area contributed by atoms with Gasteiger partial charge in [0.25, 0.3) is 11.7 Å². The first-order valence-electron chi connectivity index (χ1n) is 9.50. The zero-order valence-electron chi connectivity index (χ0n) is 17.3. The maximum atomic E-state index is 12.4. The molecule has 0 radical (unpaired) electrons. The van der Waals surface area contributed by atoms with Gasteiger partial charge in [-0.05, 0) is 57.7 Å². The molecular formula is C21H25N5O3. The molecule has 2 aromatic heterocycles. The van der Waals surface area contributed by atoms with Crippen LogP contribution in [-0.2, 0) is 20.7 Å². The van der Waals surface area contributed by atoms with Gasteiger partial charge in [0.05, 0.1) is 0 Å². The minimum absolute atomic E-state index is 0.143. The number of nitrogens with zero attached hydrogens (tertiary/aromatic N) is 4. The van der Waals surface area contributed by atoms with E-state index in [1.54, 1.807) is 11.4 Å². The predicted molar refractivity (Wildman–Crippen MR) is 109 cm³/mol. The Hall–Kier alpha value is -3.29. The van der Waals surface area contributed by atoms with Crippen LogP contribution in [-0.4, -0.2) is 37.6 Å². The Labute approximate surface area is 169 Å². The van der Waals surface area contributed by atoms with E-state index in [1.807, 2.05) is 45.9 Å². The molecule has 8 heteroatoms. The van der Waals surface area contributed by atoms with Gasteiger partial charge in [0.1, 0.15) is 6.33 Å². The minimum atomic E-state index is -0.889. The summed E-state index contributed by atoms with van der Waals surface area (Å²) in [5.41, 5.74) is 5.28. The second-order valence-corrected chi connectivity index (χ2v) is 7.12. The van der Waals surface area contributed by atoms with Gasteiger partial charge in [-0.3, -0.25) is 9.59 Å². The lowest BCUT2D eigenvalue weighted by atomic mass is 10.1. The first-order valence-corrected chi connectivity index (χ1v) is 9.50. The van der Waals surface area contributed by atoms with Gasteiger partial charge in [-0.15, -0.1) is 0 Å². The van der Waals surface area contributed by atoms with Gasteiger partial charge in [-0.25, -0.2) is 9.50 Å². The van der Waals surface area contributed by atoms with Crippen molar-refractivity contribution in [2.24, 2.45) is 0 Å². The smallest absolute Gasteiger partial charge is 0.306 e. The Morgan fingerprint density at radius 1 is 1.17 bits per heavy atom. The highest BCUT2D eigenvalue weighted by Gasteiger charge is 2.20. The number of para-hydroxylation sites is 1. The number of hydrogen-bond donors (Lipinski definition) is 1. The molecule has 29 heavy (non-hydrogen) atoms. The number of ether oxygens (including phenoxy) is 1. The quantitative estimate of drug-likeness (QED) is 0.645. The van der Waals surface area contributed by atoms with Crippen LogP contribution in [0.4, 0.5) is 5.69 Å². The average molecular weight is 395 g/mol. The third-order valence-electron chi connectivity index (χ3n) is 4.97. The van der Waals surface area contributed by atoms with Crippen LogP contribution in [0.3, 0.4) is 0 Å². The lowest BCUT2D eigenvalue weighted by Gasteiger charge is -2.16. The molecule has 8 nitrogen and oxygen atoms in total. The van der Waals surface area contributed by atoms with Crippen molar-refractivity contribution < 1.29 is 14.3 Å². The van der Waals surface area contributed by atoms with Crippen molar-refractivity contribution in [2.75, 3.05) is 5.32 Å². The first kappa shape index (κ1) is 20.4. The summed E-state index contributed by atoms with van der Waals surface area (Å²) in [6.45, 7) is 9.20. The van der Waals surface area contributed by atoms with Crippen LogP contribution < -0.4 is 5.32 Å². The first-order chi connectivity index (χ1) is 13.8. The molecule has 152 valence electrons. The average Bonchev–Trinajstić information content (AvgIpc) is 3.13. The van der Waals surface area contributed by atoms with E-state index >= 15 is 0 Å². The summed E-state index contributed by atoms with van der Waals surface area (Å²) < 4.78 is 6.98. The summed E-state index contributed by atoms with van der Waals surface area (Å²) in [5.74, 6) is -0.261. The maximum Gasteiger partial charge on any atom is 0.306 e. The Bertz CT molecular complexity index is 1050. The minimum Gasteiger partial charge on any atom is -0.453 e. The van der Waals surface area contributed by atoms with E-state index in [0.29, 0.717) is 12.2 Å². The van der Waals surface area contributed by atoms with Crippen molar-refractivity contribution >= 4 is 23.3 Å². The predicted octanol–water partition coefficient (Wildman–Crippen LogP) is 2.86. The number of carbonyl (C=O) groups is 2. The highest BCUT2D eigenvalue weighted by atomic mass is 16.5. The number of nitrogens with one attached hydrogen (secondary N) is 1. The Morgan fingerprint density at radius 2 is 1.86 bits per heavy atom. The van der Waals surface area contributed by atoms with E-state index in [0.717, 1.165) is 33.8 Å². The molecule has 1 atom stereocenters. The van der Waals surface area contributed by atoms with Crippen LogP contribution in [0.2, 0.25) is 0 Å². The highest BCUT2D eigenvalue weighted by Crippen LogP contribution is 2.20. The van der Waals surface area contributed by atoms with E-state index in [2.05, 4.69) is 20.4 Å². The van der Waals surface area contributed by atoms with Crippen molar-refractivity contribution in [2.45, 2.75) is 53.6 Å². The van der Waals surface area contributed by atoms with Crippen LogP contribution in [0.25, 0.3) is 5.78 Å². The van der Waals surface area contributed by atoms with Gasteiger partial charge >= 0.3 is 5.97 Å². The monoisotopic (exact) mass is 395 g/mol. The summed E-state index contributed by atoms with van der Waals surface area (Å²) >= 11 is 0. The van der Waals surface area contributed by atoms with Crippen molar-refractivity contribution in [3.8, 4) is 0 Å². The molecule has 0 saturated carbocycles. The molecule has 1 amide bonds. The molecule has 3 rings (SSSR count). The van der Waals surface area contributed by atoms with Gasteiger partial charge in [-0.2, -0.15) is 10.1 Å². The van der Waals surface area contributed by atoms with E-state index in [-0.39, 0.29) is 12.3 Å². The molecule has 1 unspecified atom stereocenters. The third-order valence-corrected chi connectivity index (χ3v) is 4.97. The van der Waals surface area contributed by atoms with E-state index in [1.165, 1.54) is 6.33 Å². The molecule has 1 N–H and O–H groups in total. The number of anilines is 1. The SMILES string of the molecule is Cc1cccc(C)c1NC(=O)C(C)OC(=O)CCc1c(C)nc2ncnn2c1C. The van der Waals surface area contributed by atoms with Gasteiger partial charge in [-0.1, -0.05) is 18.2 Å². The second-order valence-electron chi connectivity index (χ2n) is 7.12. The van der Waals surface area contributed by atoms with Crippen LogP contribution in [0.1, 0.15) is 41.4 Å². The second kappa shape index (κ2) is 8.38. The summed E-state index contributed by atoms with van der Waals surface area (Å²) in [4.78, 5) is 33.2. The van der Waals surface area contributed by atoms with Gasteiger partial charge in [0, 0.05) is 23.5 Å².